The molecule has 1 saturated heterocycles. The standard InChI is InChI=1S/C15H32N2O/c1-5-17-9-6-7-14(11-17)13(4)16-15(8-10-18)12(2)3/h12-16,18H,5-11H2,1-4H3. The molecule has 0 aliphatic carbocycles. The molecule has 0 aromatic heterocycles. The lowest BCUT2D eigenvalue weighted by atomic mass is 9.89. The lowest BCUT2D eigenvalue weighted by molar-refractivity contribution is 0.143. The zero-order valence-electron chi connectivity index (χ0n) is 12.7. The maximum Gasteiger partial charge on any atom is 0.0445 e. The van der Waals surface area contributed by atoms with E-state index in [4.69, 9.17) is 5.11 Å². The molecule has 0 spiro atoms. The van der Waals surface area contributed by atoms with Crippen molar-refractivity contribution in [3.05, 3.63) is 0 Å². The third-order valence-electron chi connectivity index (χ3n) is 4.42. The van der Waals surface area contributed by atoms with Gasteiger partial charge in [-0.05, 0) is 51.1 Å². The highest BCUT2D eigenvalue weighted by atomic mass is 16.3. The normalized spacial score (nSPS) is 25.3. The van der Waals surface area contributed by atoms with E-state index in [2.05, 4.69) is 37.9 Å². The lowest BCUT2D eigenvalue weighted by Crippen LogP contribution is -2.49. The van der Waals surface area contributed by atoms with Gasteiger partial charge < -0.3 is 15.3 Å². The summed E-state index contributed by atoms with van der Waals surface area (Å²) in [5.41, 5.74) is 0. The van der Waals surface area contributed by atoms with Crippen molar-refractivity contribution in [2.45, 2.75) is 59.0 Å². The molecular formula is C15H32N2O. The Kier molecular flexibility index (Phi) is 7.20. The van der Waals surface area contributed by atoms with Crippen LogP contribution in [0.2, 0.25) is 0 Å². The number of nitrogens with one attached hydrogen (secondary N) is 1. The highest BCUT2D eigenvalue weighted by Gasteiger charge is 2.26. The molecule has 3 nitrogen and oxygen atoms in total. The van der Waals surface area contributed by atoms with Crippen LogP contribution in [0.3, 0.4) is 0 Å². The van der Waals surface area contributed by atoms with Gasteiger partial charge in [-0.2, -0.15) is 0 Å². The Hall–Kier alpha value is -0.120. The zero-order chi connectivity index (χ0) is 13.5. The number of nitrogens with zero attached hydrogens (tertiary/aromatic N) is 1. The molecule has 1 rings (SSSR count). The van der Waals surface area contributed by atoms with Crippen LogP contribution < -0.4 is 5.32 Å². The first-order valence-electron chi connectivity index (χ1n) is 7.67. The van der Waals surface area contributed by atoms with Crippen molar-refractivity contribution in [2.75, 3.05) is 26.2 Å². The SMILES string of the molecule is CCN1CCCC(C(C)NC(CCO)C(C)C)C1. The summed E-state index contributed by atoms with van der Waals surface area (Å²) in [6.45, 7) is 13.0. The van der Waals surface area contributed by atoms with Gasteiger partial charge in [-0.3, -0.25) is 0 Å². The molecule has 0 bridgehead atoms. The quantitative estimate of drug-likeness (QED) is 0.732. The number of rotatable bonds is 7. The molecule has 3 atom stereocenters. The first-order valence-corrected chi connectivity index (χ1v) is 7.67. The molecule has 0 aromatic carbocycles. The molecule has 2 N–H and O–H groups in total. The predicted molar refractivity (Wildman–Crippen MR) is 77.8 cm³/mol. The van der Waals surface area contributed by atoms with Gasteiger partial charge in [0.2, 0.25) is 0 Å². The van der Waals surface area contributed by atoms with Crippen LogP contribution in [0.1, 0.15) is 47.0 Å². The highest BCUT2D eigenvalue weighted by molar-refractivity contribution is 4.83. The third-order valence-corrected chi connectivity index (χ3v) is 4.42. The van der Waals surface area contributed by atoms with Gasteiger partial charge in [0, 0.05) is 25.2 Å². The van der Waals surface area contributed by atoms with Crippen LogP contribution in [0.15, 0.2) is 0 Å². The molecule has 3 heteroatoms. The van der Waals surface area contributed by atoms with E-state index < -0.39 is 0 Å². The molecular weight excluding hydrogens is 224 g/mol. The summed E-state index contributed by atoms with van der Waals surface area (Å²) in [7, 11) is 0. The highest BCUT2D eigenvalue weighted by Crippen LogP contribution is 2.21. The van der Waals surface area contributed by atoms with E-state index in [1.54, 1.807) is 0 Å². The number of likely N-dealkylation sites (tertiary alicyclic amines) is 1. The van der Waals surface area contributed by atoms with Gasteiger partial charge >= 0.3 is 0 Å². The van der Waals surface area contributed by atoms with Crippen molar-refractivity contribution >= 4 is 0 Å². The monoisotopic (exact) mass is 256 g/mol. The zero-order valence-corrected chi connectivity index (χ0v) is 12.7. The minimum Gasteiger partial charge on any atom is -0.396 e. The Morgan fingerprint density at radius 3 is 2.61 bits per heavy atom. The van der Waals surface area contributed by atoms with Gasteiger partial charge in [0.15, 0.2) is 0 Å². The second-order valence-corrected chi connectivity index (χ2v) is 6.11. The van der Waals surface area contributed by atoms with E-state index in [1.165, 1.54) is 32.5 Å². The van der Waals surface area contributed by atoms with E-state index >= 15 is 0 Å². The Balaban J connectivity index is 2.44. The Morgan fingerprint density at radius 1 is 1.33 bits per heavy atom. The largest absolute Gasteiger partial charge is 0.396 e. The van der Waals surface area contributed by atoms with E-state index in [9.17, 15) is 0 Å². The van der Waals surface area contributed by atoms with Crippen LogP contribution in [-0.2, 0) is 0 Å². The van der Waals surface area contributed by atoms with Crippen molar-refractivity contribution < 1.29 is 5.11 Å². The van der Waals surface area contributed by atoms with Crippen LogP contribution in [0.5, 0.6) is 0 Å². The average molecular weight is 256 g/mol. The minimum atomic E-state index is 0.286. The Morgan fingerprint density at radius 2 is 2.06 bits per heavy atom. The molecule has 108 valence electrons. The number of piperidine rings is 1. The van der Waals surface area contributed by atoms with Crippen molar-refractivity contribution in [2.24, 2.45) is 11.8 Å². The van der Waals surface area contributed by atoms with E-state index in [-0.39, 0.29) is 6.61 Å². The molecule has 0 saturated carbocycles. The van der Waals surface area contributed by atoms with Crippen molar-refractivity contribution in [3.63, 3.8) is 0 Å². The van der Waals surface area contributed by atoms with Gasteiger partial charge in [-0.25, -0.2) is 0 Å². The van der Waals surface area contributed by atoms with Crippen molar-refractivity contribution in [1.82, 2.24) is 10.2 Å². The average Bonchev–Trinajstić information content (AvgIpc) is 2.38. The maximum absolute atomic E-state index is 9.14. The molecule has 0 radical (unpaired) electrons. The molecule has 1 heterocycles. The smallest absolute Gasteiger partial charge is 0.0445 e. The fourth-order valence-corrected chi connectivity index (χ4v) is 3.01. The van der Waals surface area contributed by atoms with Gasteiger partial charge in [-0.1, -0.05) is 20.8 Å². The first-order chi connectivity index (χ1) is 8.58. The first kappa shape index (κ1) is 15.9. The van der Waals surface area contributed by atoms with Crippen molar-refractivity contribution in [3.8, 4) is 0 Å². The van der Waals surface area contributed by atoms with Crippen LogP contribution in [0.4, 0.5) is 0 Å². The summed E-state index contributed by atoms with van der Waals surface area (Å²) < 4.78 is 0. The summed E-state index contributed by atoms with van der Waals surface area (Å²) in [5, 5.41) is 12.9. The predicted octanol–water partition coefficient (Wildman–Crippen LogP) is 2.10. The van der Waals surface area contributed by atoms with Gasteiger partial charge in [0.25, 0.3) is 0 Å². The second-order valence-electron chi connectivity index (χ2n) is 6.11. The van der Waals surface area contributed by atoms with E-state index in [0.29, 0.717) is 18.0 Å². The Labute approximate surface area is 113 Å². The number of hydrogen-bond donors (Lipinski definition) is 2. The fraction of sp³-hybridized carbons (Fsp3) is 1.00. The second kappa shape index (κ2) is 8.13. The molecule has 18 heavy (non-hydrogen) atoms. The van der Waals surface area contributed by atoms with Gasteiger partial charge in [0.1, 0.15) is 0 Å². The number of aliphatic hydroxyl groups is 1. The van der Waals surface area contributed by atoms with Gasteiger partial charge in [-0.15, -0.1) is 0 Å². The van der Waals surface area contributed by atoms with Crippen LogP contribution in [-0.4, -0.2) is 48.3 Å². The third kappa shape index (κ3) is 4.87. The van der Waals surface area contributed by atoms with E-state index in [0.717, 1.165) is 12.3 Å². The van der Waals surface area contributed by atoms with Gasteiger partial charge in [0.05, 0.1) is 0 Å². The topological polar surface area (TPSA) is 35.5 Å². The summed E-state index contributed by atoms with van der Waals surface area (Å²) in [6.07, 6.45) is 3.54. The Bertz CT molecular complexity index is 221. The molecule has 1 aliphatic rings. The summed E-state index contributed by atoms with van der Waals surface area (Å²) in [4.78, 5) is 2.56. The van der Waals surface area contributed by atoms with Crippen molar-refractivity contribution in [1.29, 1.82) is 0 Å². The lowest BCUT2D eigenvalue weighted by Gasteiger charge is -2.37. The summed E-state index contributed by atoms with van der Waals surface area (Å²) in [6, 6.07) is 1.00. The molecule has 0 aromatic rings. The van der Waals surface area contributed by atoms with Crippen LogP contribution in [0, 0.1) is 11.8 Å². The maximum atomic E-state index is 9.14. The molecule has 1 fully saturated rings. The van der Waals surface area contributed by atoms with Crippen LogP contribution >= 0.6 is 0 Å². The fourth-order valence-electron chi connectivity index (χ4n) is 3.01. The molecule has 3 unspecified atom stereocenters. The number of hydrogen-bond acceptors (Lipinski definition) is 3. The molecule has 0 amide bonds. The minimum absolute atomic E-state index is 0.286. The summed E-state index contributed by atoms with van der Waals surface area (Å²) in [5.74, 6) is 1.35. The van der Waals surface area contributed by atoms with E-state index in [1.807, 2.05) is 0 Å². The summed E-state index contributed by atoms with van der Waals surface area (Å²) >= 11 is 0. The molecule has 1 aliphatic heterocycles. The van der Waals surface area contributed by atoms with Crippen LogP contribution in [0.25, 0.3) is 0 Å². The number of aliphatic hydroxyl groups excluding tert-OH is 1.